The van der Waals surface area contributed by atoms with Gasteiger partial charge in [0.15, 0.2) is 5.75 Å². The first-order valence-electron chi connectivity index (χ1n) is 8.15. The average Bonchev–Trinajstić information content (AvgIpc) is 2.54. The van der Waals surface area contributed by atoms with Gasteiger partial charge in [-0.25, -0.2) is 9.59 Å². The smallest absolute Gasteiger partial charge is 0.348 e. The number of hydrogen-bond acceptors (Lipinski definition) is 6. The maximum Gasteiger partial charge on any atom is 0.348 e. The van der Waals surface area contributed by atoms with Crippen LogP contribution in [0.1, 0.15) is 44.6 Å². The van der Waals surface area contributed by atoms with Gasteiger partial charge < -0.3 is 14.2 Å². The third-order valence-electron chi connectivity index (χ3n) is 4.20. The van der Waals surface area contributed by atoms with E-state index in [0.29, 0.717) is 27.7 Å². The number of benzene rings is 1. The second-order valence-corrected chi connectivity index (χ2v) is 8.62. The van der Waals surface area contributed by atoms with Crippen molar-refractivity contribution in [3.63, 3.8) is 0 Å². The van der Waals surface area contributed by atoms with Gasteiger partial charge in [0, 0.05) is 28.9 Å². The van der Waals surface area contributed by atoms with Crippen LogP contribution in [0, 0.1) is 7.14 Å². The fourth-order valence-corrected chi connectivity index (χ4v) is 5.06. The van der Waals surface area contributed by atoms with E-state index in [1.165, 1.54) is 13.0 Å². The number of halogens is 2. The SMILES string of the molecule is CC(=O)Oc1c(I)cc(I)cc1C=C1C(=O)OC2(CCCCC2)OC1=O. The van der Waals surface area contributed by atoms with Crippen molar-refractivity contribution in [3.8, 4) is 5.75 Å². The van der Waals surface area contributed by atoms with Crippen LogP contribution in [0.4, 0.5) is 0 Å². The molecule has 0 amide bonds. The van der Waals surface area contributed by atoms with E-state index in [1.54, 1.807) is 6.07 Å². The van der Waals surface area contributed by atoms with E-state index in [0.717, 1.165) is 22.8 Å². The number of carbonyl (C=O) groups is 3. The summed E-state index contributed by atoms with van der Waals surface area (Å²) in [4.78, 5) is 36.4. The zero-order valence-corrected chi connectivity index (χ0v) is 18.3. The van der Waals surface area contributed by atoms with Gasteiger partial charge in [-0.05, 0) is 76.2 Å². The molecule has 0 unspecified atom stereocenters. The lowest BCUT2D eigenvalue weighted by Crippen LogP contribution is -2.47. The third kappa shape index (κ3) is 4.21. The molecule has 0 atom stereocenters. The molecule has 1 spiro atoms. The van der Waals surface area contributed by atoms with Crippen LogP contribution < -0.4 is 4.74 Å². The number of hydrogen-bond donors (Lipinski definition) is 0. The first-order chi connectivity index (χ1) is 12.3. The van der Waals surface area contributed by atoms with Crippen molar-refractivity contribution in [2.75, 3.05) is 0 Å². The van der Waals surface area contributed by atoms with Crippen LogP contribution in [0.2, 0.25) is 0 Å². The molecule has 6 nitrogen and oxygen atoms in total. The highest BCUT2D eigenvalue weighted by molar-refractivity contribution is 14.1. The largest absolute Gasteiger partial charge is 0.425 e. The molecular weight excluding hydrogens is 566 g/mol. The summed E-state index contributed by atoms with van der Waals surface area (Å²) < 4.78 is 17.8. The highest BCUT2D eigenvalue weighted by atomic mass is 127. The molecule has 0 aromatic heterocycles. The molecule has 0 radical (unpaired) electrons. The third-order valence-corrected chi connectivity index (χ3v) is 5.62. The molecule has 1 aromatic carbocycles. The van der Waals surface area contributed by atoms with Gasteiger partial charge >= 0.3 is 17.9 Å². The molecule has 1 aliphatic heterocycles. The number of rotatable bonds is 2. The van der Waals surface area contributed by atoms with Crippen LogP contribution >= 0.6 is 45.2 Å². The van der Waals surface area contributed by atoms with Crippen LogP contribution in [-0.4, -0.2) is 23.7 Å². The Balaban J connectivity index is 1.96. The standard InChI is InChI=1S/C18H16I2O6/c1-10(21)24-15-11(7-12(19)9-14(15)20)8-13-16(22)25-18(26-17(13)23)5-3-2-4-6-18/h7-9H,2-6H2,1H3. The van der Waals surface area contributed by atoms with Crippen LogP contribution in [-0.2, 0) is 23.9 Å². The molecule has 2 fully saturated rings. The van der Waals surface area contributed by atoms with Gasteiger partial charge in [-0.2, -0.15) is 0 Å². The van der Waals surface area contributed by atoms with Crippen LogP contribution in [0.3, 0.4) is 0 Å². The van der Waals surface area contributed by atoms with E-state index in [4.69, 9.17) is 14.2 Å². The summed E-state index contributed by atoms with van der Waals surface area (Å²) in [5.74, 6) is -2.72. The highest BCUT2D eigenvalue weighted by Gasteiger charge is 2.46. The van der Waals surface area contributed by atoms with Crippen molar-refractivity contribution < 1.29 is 28.6 Å². The fraction of sp³-hybridized carbons (Fsp3) is 0.389. The monoisotopic (exact) mass is 582 g/mol. The summed E-state index contributed by atoms with van der Waals surface area (Å²) in [5.41, 5.74) is 0.243. The van der Waals surface area contributed by atoms with Gasteiger partial charge in [0.1, 0.15) is 5.57 Å². The Kier molecular flexibility index (Phi) is 5.90. The van der Waals surface area contributed by atoms with Crippen molar-refractivity contribution in [2.45, 2.75) is 44.8 Å². The van der Waals surface area contributed by atoms with Crippen molar-refractivity contribution in [1.29, 1.82) is 0 Å². The zero-order valence-electron chi connectivity index (χ0n) is 14.0. The minimum atomic E-state index is -1.12. The fourth-order valence-electron chi connectivity index (χ4n) is 3.06. The molecule has 138 valence electrons. The molecule has 8 heteroatoms. The lowest BCUT2D eigenvalue weighted by molar-refractivity contribution is -0.244. The van der Waals surface area contributed by atoms with Crippen LogP contribution in [0.5, 0.6) is 5.75 Å². The van der Waals surface area contributed by atoms with E-state index >= 15 is 0 Å². The molecule has 3 rings (SSSR count). The van der Waals surface area contributed by atoms with Crippen LogP contribution in [0.15, 0.2) is 17.7 Å². The van der Waals surface area contributed by atoms with Crippen molar-refractivity contribution in [1.82, 2.24) is 0 Å². The number of ether oxygens (including phenoxy) is 3. The molecule has 1 aromatic rings. The normalized spacial score (nSPS) is 19.0. The molecule has 26 heavy (non-hydrogen) atoms. The van der Waals surface area contributed by atoms with Crippen molar-refractivity contribution in [2.24, 2.45) is 0 Å². The van der Waals surface area contributed by atoms with Crippen LogP contribution in [0.25, 0.3) is 6.08 Å². The average molecular weight is 582 g/mol. The Labute approximate surface area is 177 Å². The quantitative estimate of drug-likeness (QED) is 0.173. The van der Waals surface area contributed by atoms with Crippen molar-refractivity contribution in [3.05, 3.63) is 30.4 Å². The van der Waals surface area contributed by atoms with E-state index in [-0.39, 0.29) is 5.57 Å². The van der Waals surface area contributed by atoms with E-state index in [1.807, 2.05) is 28.7 Å². The number of esters is 3. The summed E-state index contributed by atoms with van der Waals surface area (Å²) >= 11 is 4.15. The van der Waals surface area contributed by atoms with Gasteiger partial charge in [-0.3, -0.25) is 4.79 Å². The molecule has 0 bridgehead atoms. The van der Waals surface area contributed by atoms with Gasteiger partial charge in [0.25, 0.3) is 5.79 Å². The van der Waals surface area contributed by atoms with Gasteiger partial charge in [-0.15, -0.1) is 0 Å². The lowest BCUT2D eigenvalue weighted by atomic mass is 9.93. The summed E-state index contributed by atoms with van der Waals surface area (Å²) in [6, 6.07) is 3.55. The Morgan fingerprint density at radius 1 is 1.12 bits per heavy atom. The Morgan fingerprint density at radius 2 is 1.73 bits per heavy atom. The first kappa shape index (κ1) is 19.6. The topological polar surface area (TPSA) is 78.9 Å². The Hall–Kier alpha value is -1.17. The summed E-state index contributed by atoms with van der Waals surface area (Å²) in [5, 5.41) is 0. The molecule has 1 saturated carbocycles. The molecule has 1 aliphatic carbocycles. The minimum absolute atomic E-state index is 0.201. The zero-order chi connectivity index (χ0) is 18.9. The van der Waals surface area contributed by atoms with Gasteiger partial charge in [-0.1, -0.05) is 6.42 Å². The van der Waals surface area contributed by atoms with Gasteiger partial charge in [0.05, 0.1) is 3.57 Å². The lowest BCUT2D eigenvalue weighted by Gasteiger charge is -2.38. The van der Waals surface area contributed by atoms with E-state index in [9.17, 15) is 14.4 Å². The first-order valence-corrected chi connectivity index (χ1v) is 10.3. The predicted molar refractivity (Wildman–Crippen MR) is 109 cm³/mol. The highest BCUT2D eigenvalue weighted by Crippen LogP contribution is 2.38. The van der Waals surface area contributed by atoms with Gasteiger partial charge in [0.2, 0.25) is 0 Å². The van der Waals surface area contributed by atoms with E-state index < -0.39 is 23.7 Å². The van der Waals surface area contributed by atoms with E-state index in [2.05, 4.69) is 22.6 Å². The molecule has 1 heterocycles. The Morgan fingerprint density at radius 3 is 2.31 bits per heavy atom. The summed E-state index contributed by atoms with van der Waals surface area (Å²) in [6.45, 7) is 1.29. The molecule has 2 aliphatic rings. The second kappa shape index (κ2) is 7.83. The maximum absolute atomic E-state index is 12.5. The Bertz CT molecular complexity index is 786. The summed E-state index contributed by atoms with van der Waals surface area (Å²) in [6.07, 6.45) is 5.15. The molecule has 0 N–H and O–H groups in total. The maximum atomic E-state index is 12.5. The molecular formula is C18H16I2O6. The second-order valence-electron chi connectivity index (χ2n) is 6.21. The predicted octanol–water partition coefficient (Wildman–Crippen LogP) is 3.96. The van der Waals surface area contributed by atoms with Crippen molar-refractivity contribution >= 4 is 69.2 Å². The minimum Gasteiger partial charge on any atom is -0.425 e. The molecule has 1 saturated heterocycles. The number of carbonyl (C=O) groups excluding carboxylic acids is 3. The summed E-state index contributed by atoms with van der Waals surface area (Å²) in [7, 11) is 0.